The maximum Gasteiger partial charge on any atom is 0.257 e. The van der Waals surface area contributed by atoms with E-state index < -0.39 is 0 Å². The molecule has 0 spiro atoms. The fraction of sp³-hybridized carbons (Fsp3) is 0.300. The van der Waals surface area contributed by atoms with Gasteiger partial charge in [-0.2, -0.15) is 0 Å². The Labute approximate surface area is 157 Å². The summed E-state index contributed by atoms with van der Waals surface area (Å²) >= 11 is 0. The van der Waals surface area contributed by atoms with Crippen LogP contribution in [0.2, 0.25) is 0 Å². The van der Waals surface area contributed by atoms with Crippen molar-refractivity contribution >= 4 is 23.2 Å². The van der Waals surface area contributed by atoms with E-state index in [1.807, 2.05) is 6.07 Å². The zero-order valence-electron chi connectivity index (χ0n) is 15.6. The van der Waals surface area contributed by atoms with Crippen molar-refractivity contribution < 1.29 is 23.8 Å². The molecule has 27 heavy (non-hydrogen) atoms. The van der Waals surface area contributed by atoms with E-state index in [0.29, 0.717) is 47.2 Å². The lowest BCUT2D eigenvalue weighted by atomic mass is 10.1. The summed E-state index contributed by atoms with van der Waals surface area (Å²) in [5.74, 6) is 1.04. The number of carbonyl (C=O) groups is 2. The third kappa shape index (κ3) is 3.67. The molecule has 7 nitrogen and oxygen atoms in total. The number of anilines is 2. The summed E-state index contributed by atoms with van der Waals surface area (Å²) in [6.45, 7) is 0.618. The van der Waals surface area contributed by atoms with Crippen LogP contribution in [0.15, 0.2) is 36.4 Å². The summed E-state index contributed by atoms with van der Waals surface area (Å²) in [4.78, 5) is 26.6. The van der Waals surface area contributed by atoms with Gasteiger partial charge in [-0.1, -0.05) is 12.1 Å². The SMILES string of the molecule is COc1cc(NC(=O)c2ccccc2N2CCCC2=O)cc(OC)c1OC. The van der Waals surface area contributed by atoms with E-state index in [1.165, 1.54) is 21.3 Å². The number of nitrogens with one attached hydrogen (secondary N) is 1. The minimum absolute atomic E-state index is 0.0306. The molecule has 0 aliphatic carbocycles. The molecular formula is C20H22N2O5. The Hall–Kier alpha value is -3.22. The van der Waals surface area contributed by atoms with E-state index in [2.05, 4.69) is 5.32 Å². The second kappa shape index (κ2) is 7.99. The first-order chi connectivity index (χ1) is 13.1. The quantitative estimate of drug-likeness (QED) is 0.846. The van der Waals surface area contributed by atoms with Crippen LogP contribution in [0.25, 0.3) is 0 Å². The fourth-order valence-corrected chi connectivity index (χ4v) is 3.16. The highest BCUT2D eigenvalue weighted by Crippen LogP contribution is 2.40. The zero-order chi connectivity index (χ0) is 19.4. The number of benzene rings is 2. The first-order valence-electron chi connectivity index (χ1n) is 8.59. The van der Waals surface area contributed by atoms with Gasteiger partial charge in [-0.3, -0.25) is 9.59 Å². The van der Waals surface area contributed by atoms with Crippen LogP contribution in [-0.2, 0) is 4.79 Å². The average Bonchev–Trinajstić information content (AvgIpc) is 3.12. The molecule has 0 bridgehead atoms. The van der Waals surface area contributed by atoms with Gasteiger partial charge < -0.3 is 24.4 Å². The first-order valence-corrected chi connectivity index (χ1v) is 8.59. The lowest BCUT2D eigenvalue weighted by Gasteiger charge is -2.20. The van der Waals surface area contributed by atoms with Crippen molar-refractivity contribution in [2.75, 3.05) is 38.1 Å². The molecule has 3 rings (SSSR count). The number of hydrogen-bond acceptors (Lipinski definition) is 5. The third-order valence-corrected chi connectivity index (χ3v) is 4.44. The van der Waals surface area contributed by atoms with E-state index in [4.69, 9.17) is 14.2 Å². The van der Waals surface area contributed by atoms with Crippen LogP contribution in [0.1, 0.15) is 23.2 Å². The number of methoxy groups -OCH3 is 3. The fourth-order valence-electron chi connectivity index (χ4n) is 3.16. The molecule has 0 unspecified atom stereocenters. The minimum atomic E-state index is -0.320. The van der Waals surface area contributed by atoms with E-state index in [9.17, 15) is 9.59 Å². The van der Waals surface area contributed by atoms with E-state index >= 15 is 0 Å². The maximum absolute atomic E-state index is 12.9. The van der Waals surface area contributed by atoms with Crippen LogP contribution in [0.4, 0.5) is 11.4 Å². The number of ether oxygens (including phenoxy) is 3. The number of amides is 2. The minimum Gasteiger partial charge on any atom is -0.493 e. The summed E-state index contributed by atoms with van der Waals surface area (Å²) in [5, 5.41) is 2.85. The van der Waals surface area contributed by atoms with Crippen molar-refractivity contribution in [1.82, 2.24) is 0 Å². The zero-order valence-corrected chi connectivity index (χ0v) is 15.6. The molecule has 0 aromatic heterocycles. The predicted molar refractivity (Wildman–Crippen MR) is 102 cm³/mol. The average molecular weight is 370 g/mol. The molecular weight excluding hydrogens is 348 g/mol. The van der Waals surface area contributed by atoms with Gasteiger partial charge >= 0.3 is 0 Å². The standard InChI is InChI=1S/C20H22N2O5/c1-25-16-11-13(12-17(26-2)19(16)27-3)21-20(24)14-7-4-5-8-15(14)22-10-6-9-18(22)23/h4-5,7-8,11-12H,6,9-10H2,1-3H3,(H,21,24). The Morgan fingerprint density at radius 2 is 1.70 bits per heavy atom. The topological polar surface area (TPSA) is 77.1 Å². The molecule has 1 aliphatic heterocycles. The van der Waals surface area contributed by atoms with Crippen molar-refractivity contribution in [2.24, 2.45) is 0 Å². The molecule has 1 fully saturated rings. The summed E-state index contributed by atoms with van der Waals surface area (Å²) < 4.78 is 15.9. The highest BCUT2D eigenvalue weighted by atomic mass is 16.5. The molecule has 1 heterocycles. The molecule has 0 atom stereocenters. The number of rotatable bonds is 6. The summed E-state index contributed by atoms with van der Waals surface area (Å²) in [6, 6.07) is 10.4. The number of carbonyl (C=O) groups excluding carboxylic acids is 2. The van der Waals surface area contributed by atoms with Gasteiger partial charge in [0.1, 0.15) is 0 Å². The summed E-state index contributed by atoms with van der Waals surface area (Å²) in [5.41, 5.74) is 1.54. The molecule has 2 amide bonds. The van der Waals surface area contributed by atoms with E-state index in [0.717, 1.165) is 6.42 Å². The number of hydrogen-bond donors (Lipinski definition) is 1. The van der Waals surface area contributed by atoms with Crippen LogP contribution < -0.4 is 24.4 Å². The molecule has 2 aromatic carbocycles. The van der Waals surface area contributed by atoms with Crippen molar-refractivity contribution in [3.63, 3.8) is 0 Å². The Morgan fingerprint density at radius 3 is 2.26 bits per heavy atom. The van der Waals surface area contributed by atoms with Gasteiger partial charge in [-0.05, 0) is 18.6 Å². The number of para-hydroxylation sites is 1. The van der Waals surface area contributed by atoms with Gasteiger partial charge in [-0.25, -0.2) is 0 Å². The maximum atomic E-state index is 12.9. The lowest BCUT2D eigenvalue weighted by molar-refractivity contribution is -0.117. The second-order valence-corrected chi connectivity index (χ2v) is 6.03. The van der Waals surface area contributed by atoms with Crippen molar-refractivity contribution in [3.05, 3.63) is 42.0 Å². The monoisotopic (exact) mass is 370 g/mol. The Balaban J connectivity index is 1.92. The smallest absolute Gasteiger partial charge is 0.257 e. The Kier molecular flexibility index (Phi) is 5.49. The van der Waals surface area contributed by atoms with Crippen molar-refractivity contribution in [3.8, 4) is 17.2 Å². The molecule has 1 aliphatic rings. The third-order valence-electron chi connectivity index (χ3n) is 4.44. The van der Waals surface area contributed by atoms with Gasteiger partial charge in [0, 0.05) is 30.8 Å². The van der Waals surface area contributed by atoms with Crippen LogP contribution in [0, 0.1) is 0 Å². The predicted octanol–water partition coefficient (Wildman–Crippen LogP) is 3.09. The van der Waals surface area contributed by atoms with Crippen LogP contribution >= 0.6 is 0 Å². The molecule has 2 aromatic rings. The van der Waals surface area contributed by atoms with Gasteiger partial charge in [0.15, 0.2) is 11.5 Å². The normalized spacial score (nSPS) is 13.4. The van der Waals surface area contributed by atoms with E-state index in [-0.39, 0.29) is 11.8 Å². The highest BCUT2D eigenvalue weighted by molar-refractivity contribution is 6.11. The second-order valence-electron chi connectivity index (χ2n) is 6.03. The number of nitrogens with zero attached hydrogens (tertiary/aromatic N) is 1. The van der Waals surface area contributed by atoms with E-state index in [1.54, 1.807) is 35.2 Å². The van der Waals surface area contributed by atoms with Crippen molar-refractivity contribution in [1.29, 1.82) is 0 Å². The molecule has 0 saturated carbocycles. The first kappa shape index (κ1) is 18.6. The van der Waals surface area contributed by atoms with Crippen molar-refractivity contribution in [2.45, 2.75) is 12.8 Å². The van der Waals surface area contributed by atoms with Crippen LogP contribution in [0.3, 0.4) is 0 Å². The largest absolute Gasteiger partial charge is 0.493 e. The van der Waals surface area contributed by atoms with Gasteiger partial charge in [0.2, 0.25) is 11.7 Å². The molecule has 1 N–H and O–H groups in total. The summed E-state index contributed by atoms with van der Waals surface area (Å²) in [7, 11) is 4.54. The molecule has 1 saturated heterocycles. The molecule has 0 radical (unpaired) electrons. The highest BCUT2D eigenvalue weighted by Gasteiger charge is 2.26. The van der Waals surface area contributed by atoms with Crippen LogP contribution in [0.5, 0.6) is 17.2 Å². The summed E-state index contributed by atoms with van der Waals surface area (Å²) in [6.07, 6.45) is 1.30. The van der Waals surface area contributed by atoms with Gasteiger partial charge in [-0.15, -0.1) is 0 Å². The Bertz CT molecular complexity index is 840. The van der Waals surface area contributed by atoms with Gasteiger partial charge in [0.25, 0.3) is 5.91 Å². The van der Waals surface area contributed by atoms with Gasteiger partial charge in [0.05, 0.1) is 32.6 Å². The molecule has 142 valence electrons. The Morgan fingerprint density at radius 1 is 1.04 bits per heavy atom. The lowest BCUT2D eigenvalue weighted by Crippen LogP contribution is -2.27. The van der Waals surface area contributed by atoms with Crippen LogP contribution in [-0.4, -0.2) is 39.7 Å². The molecule has 7 heteroatoms.